The van der Waals surface area contributed by atoms with Crippen molar-refractivity contribution in [1.82, 2.24) is 69.3 Å². The van der Waals surface area contributed by atoms with Crippen molar-refractivity contribution < 1.29 is 56.6 Å². The number of ether oxygens (including phenoxy) is 3. The number of fused-ring (bicyclic) bond motifs is 3. The number of piperidine rings is 2. The summed E-state index contributed by atoms with van der Waals surface area (Å²) in [5.41, 5.74) is 18.8. The van der Waals surface area contributed by atoms with Crippen LogP contribution in [0.5, 0.6) is 0 Å². The third-order valence-corrected chi connectivity index (χ3v) is 19.5. The molecule has 3 amide bonds. The molecule has 0 saturated carbocycles. The number of amides is 3. The summed E-state index contributed by atoms with van der Waals surface area (Å²) < 4.78 is 47.9. The third kappa shape index (κ3) is 28.9. The Labute approximate surface area is 687 Å². The Morgan fingerprint density at radius 2 is 0.921 bits per heavy atom. The standard InChI is InChI=1S/C18H23N3O2.C17H21NO4.C14H17ClFN5.C13H15NO3.C10H17N3.C4HCl2FN2.C4H7ClO.C2H7N/c1-13(2)17-15-11-21(10-9-16(15)19-20(17)3)18(22)23-12-14-7-5-4-6-8-14;1-12(2)16(20)14-10-18(9-8-15(14)19)17(21)22-11-13-6-4-3-5-7-13;1-8(2)12-9-7-21(5-4-11(9)19-20(12)3)13-10(16)6-17-14(15)18-13;15-12-6-8-14(9-7-12)13(16)17-10-11-4-2-1-3-5-11;1-7(2)10-8-6-11-5-4-9(8)12-13(10)3;5-3-2(7)1-8-4(6)9-3;1-3(2)4(5)6;1-2-3/h4-8,13H,9-12H2,1-3H3;3-7,12,14H,8-11H2,1-2H3;6,8H,4-5,7H2,1-3H3;1-5H,6-10H2;7,11H,4-6H2,1-3H3;1H;3H,1-2H3;2-3H2,1H3. The molecule has 1 atom stereocenters. The zero-order chi connectivity index (χ0) is 83.9. The number of likely N-dealkylation sites (tertiary alicyclic amines) is 2. The van der Waals surface area contributed by atoms with Crippen molar-refractivity contribution in [3.05, 3.63) is 198 Å². The molecule has 8 aromatic rings. The van der Waals surface area contributed by atoms with E-state index in [1.54, 1.807) is 37.5 Å². The number of aromatic nitrogens is 10. The van der Waals surface area contributed by atoms with E-state index in [2.05, 4.69) is 82.1 Å². The van der Waals surface area contributed by atoms with Crippen molar-refractivity contribution in [2.75, 3.05) is 57.3 Å². The normalized spacial score (nSPS) is 14.7. The smallest absolute Gasteiger partial charge is 0.410 e. The number of benzene rings is 3. The average molecular weight is 1660 g/mol. The van der Waals surface area contributed by atoms with E-state index in [1.165, 1.54) is 44.4 Å². The molecule has 26 nitrogen and oxygen atoms in total. The predicted octanol–water partition coefficient (Wildman–Crippen LogP) is 14.8. The SMILES string of the molecule is CC(C)C(=O)C1CN(C(=O)OCc2ccccc2)CCC1=O.CC(C)C(=O)Cl.CC(C)c1c2c(nn1C)CCN(C(=O)OCc1ccccc1)C2.CC(C)c1c2c(nn1C)CCN(c1nc(Cl)ncc1F)C2.CC(C)c1c2c(nn1C)CCNC2.CCN.Fc1cnc(Cl)nc1Cl.O=C1CCN(C(=O)OCc2ccccc2)CC1. The lowest BCUT2D eigenvalue weighted by atomic mass is 9.87. The molecule has 10 heterocycles. The first kappa shape index (κ1) is 93.5. The van der Waals surface area contributed by atoms with Gasteiger partial charge in [-0.25, -0.2) is 38.1 Å². The molecule has 5 aliphatic rings. The second-order valence-electron chi connectivity index (χ2n) is 28.9. The summed E-state index contributed by atoms with van der Waals surface area (Å²) in [4.78, 5) is 102. The van der Waals surface area contributed by atoms with E-state index >= 15 is 0 Å². The van der Waals surface area contributed by atoms with Gasteiger partial charge in [0.1, 0.15) is 37.2 Å². The number of hydrogen-bond donors (Lipinski definition) is 2. The summed E-state index contributed by atoms with van der Waals surface area (Å²) in [5.74, 6) is -0.437. The van der Waals surface area contributed by atoms with E-state index in [0.29, 0.717) is 83.0 Å². The number of Topliss-reactive ketones (excluding diaryl/α,β-unsaturated/α-hetero) is 3. The molecule has 32 heteroatoms. The van der Waals surface area contributed by atoms with Crippen LogP contribution in [0.1, 0.15) is 181 Å². The summed E-state index contributed by atoms with van der Waals surface area (Å²) in [6, 6.07) is 28.7. The fourth-order valence-corrected chi connectivity index (χ4v) is 13.3. The number of ketones is 3. The van der Waals surface area contributed by atoms with Crippen molar-refractivity contribution in [1.29, 1.82) is 0 Å². The minimum atomic E-state index is -0.710. The van der Waals surface area contributed by atoms with Gasteiger partial charge in [-0.1, -0.05) is 179 Å². The molecular weight excluding hydrogens is 1550 g/mol. The molecule has 5 aromatic heterocycles. The fraction of sp³-hybridized carbons (Fsp3) is 0.488. The summed E-state index contributed by atoms with van der Waals surface area (Å²) in [5, 5.41) is 16.6. The van der Waals surface area contributed by atoms with Crippen LogP contribution in [0.15, 0.2) is 103 Å². The summed E-state index contributed by atoms with van der Waals surface area (Å²) in [6.45, 7) is 29.5. The van der Waals surface area contributed by atoms with Gasteiger partial charge in [0.25, 0.3) is 0 Å². The first-order chi connectivity index (χ1) is 54.2. The van der Waals surface area contributed by atoms with Crippen molar-refractivity contribution >= 4 is 93.1 Å². The molecular formula is C82H108Cl4F2N16O10. The van der Waals surface area contributed by atoms with E-state index in [9.17, 15) is 42.3 Å². The molecule has 1 unspecified atom stereocenters. The zero-order valence-electron chi connectivity index (χ0n) is 67.6. The van der Waals surface area contributed by atoms with Gasteiger partial charge in [0.05, 0.1) is 41.9 Å². The van der Waals surface area contributed by atoms with Gasteiger partial charge in [-0.15, -0.1) is 0 Å². The van der Waals surface area contributed by atoms with E-state index < -0.39 is 23.6 Å². The molecule has 0 bridgehead atoms. The highest BCUT2D eigenvalue weighted by molar-refractivity contribution is 6.63. The highest BCUT2D eigenvalue weighted by Crippen LogP contribution is 2.32. The molecule has 13 rings (SSSR count). The molecule has 2 fully saturated rings. The highest BCUT2D eigenvalue weighted by Gasteiger charge is 2.37. The molecule has 0 aliphatic carbocycles. The highest BCUT2D eigenvalue weighted by atomic mass is 35.5. The van der Waals surface area contributed by atoms with Gasteiger partial charge in [-0.05, 0) is 75.8 Å². The van der Waals surface area contributed by atoms with Crippen LogP contribution < -0.4 is 16.0 Å². The van der Waals surface area contributed by atoms with Crippen LogP contribution in [0.2, 0.25) is 15.7 Å². The van der Waals surface area contributed by atoms with Crippen LogP contribution in [-0.2, 0) is 113 Å². The summed E-state index contributed by atoms with van der Waals surface area (Å²) in [7, 11) is 5.99. The minimum Gasteiger partial charge on any atom is -0.445 e. The number of hydrogen-bond acceptors (Lipinski definition) is 20. The Morgan fingerprint density at radius 3 is 1.36 bits per heavy atom. The first-order valence-electron chi connectivity index (χ1n) is 38.2. The Morgan fingerprint density at radius 1 is 0.526 bits per heavy atom. The maximum Gasteiger partial charge on any atom is 0.410 e. The number of carbonyl (C=O) groups is 7. The largest absolute Gasteiger partial charge is 0.445 e. The molecule has 0 spiro atoms. The van der Waals surface area contributed by atoms with Crippen LogP contribution in [0.25, 0.3) is 0 Å². The number of nitrogens with two attached hydrogens (primary N) is 1. The molecule has 3 N–H and O–H groups in total. The quantitative estimate of drug-likeness (QED) is 0.0356. The molecule has 2 saturated heterocycles. The van der Waals surface area contributed by atoms with Crippen LogP contribution >= 0.6 is 46.4 Å². The second kappa shape index (κ2) is 46.9. The molecule has 618 valence electrons. The average Bonchev–Trinajstić information content (AvgIpc) is 1.64. The van der Waals surface area contributed by atoms with Gasteiger partial charge in [0.2, 0.25) is 15.8 Å². The number of rotatable bonds is 13. The number of nitrogens with one attached hydrogen (secondary N) is 1. The van der Waals surface area contributed by atoms with Gasteiger partial charge < -0.3 is 44.9 Å². The molecule has 5 aliphatic heterocycles. The fourth-order valence-electron chi connectivity index (χ4n) is 12.9. The Bertz CT molecular complexity index is 4430. The Hall–Kier alpha value is -9.32. The van der Waals surface area contributed by atoms with Gasteiger partial charge in [-0.3, -0.25) is 33.2 Å². The molecule has 114 heavy (non-hydrogen) atoms. The number of carbonyl (C=O) groups excluding carboxylic acids is 7. The van der Waals surface area contributed by atoms with Crippen molar-refractivity contribution in [2.45, 2.75) is 172 Å². The van der Waals surface area contributed by atoms with E-state index in [1.807, 2.05) is 138 Å². The van der Waals surface area contributed by atoms with Gasteiger partial charge >= 0.3 is 18.3 Å². The summed E-state index contributed by atoms with van der Waals surface area (Å²) in [6.07, 6.45) is 4.72. The number of aryl methyl sites for hydroxylation is 3. The minimum absolute atomic E-state index is 0.0216. The number of nitrogens with zero attached hydrogens (tertiary/aromatic N) is 14. The Balaban J connectivity index is 0.000000212. The topological polar surface area (TPSA) is 303 Å². The first-order valence-corrected chi connectivity index (χ1v) is 39.7. The second-order valence-corrected chi connectivity index (χ2v) is 30.3. The lowest BCUT2D eigenvalue weighted by Gasteiger charge is -2.31. The van der Waals surface area contributed by atoms with Crippen LogP contribution in [-0.4, -0.2) is 157 Å². The van der Waals surface area contributed by atoms with Crippen LogP contribution in [0, 0.1) is 29.4 Å². The van der Waals surface area contributed by atoms with Gasteiger partial charge in [0, 0.05) is 164 Å². The zero-order valence-corrected chi connectivity index (χ0v) is 70.6. The summed E-state index contributed by atoms with van der Waals surface area (Å²) >= 11 is 21.2. The number of halogens is 6. The lowest BCUT2D eigenvalue weighted by molar-refractivity contribution is -0.137. The van der Waals surface area contributed by atoms with Crippen LogP contribution in [0.3, 0.4) is 0 Å². The number of anilines is 1. The van der Waals surface area contributed by atoms with E-state index in [0.717, 1.165) is 79.4 Å². The maximum absolute atomic E-state index is 13.9. The van der Waals surface area contributed by atoms with E-state index in [4.69, 9.17) is 66.3 Å². The van der Waals surface area contributed by atoms with Crippen molar-refractivity contribution in [3.8, 4) is 0 Å². The predicted molar refractivity (Wildman–Crippen MR) is 436 cm³/mol. The van der Waals surface area contributed by atoms with Gasteiger partial charge in [0.15, 0.2) is 22.6 Å². The molecule has 3 aromatic carbocycles. The van der Waals surface area contributed by atoms with E-state index in [-0.39, 0.29) is 94.3 Å². The maximum atomic E-state index is 13.9. The van der Waals surface area contributed by atoms with Crippen LogP contribution in [0.4, 0.5) is 29.0 Å². The van der Waals surface area contributed by atoms with Crippen molar-refractivity contribution in [2.24, 2.45) is 44.6 Å². The Kier molecular flexibility index (Phi) is 38.5. The molecule has 0 radical (unpaired) electrons. The lowest BCUT2D eigenvalue weighted by Crippen LogP contribution is -2.47. The van der Waals surface area contributed by atoms with Crippen molar-refractivity contribution in [3.63, 3.8) is 0 Å². The monoisotopic (exact) mass is 1650 g/mol. The van der Waals surface area contributed by atoms with Gasteiger partial charge in [-0.2, -0.15) is 20.3 Å². The third-order valence-electron chi connectivity index (χ3n) is 18.4.